The van der Waals surface area contributed by atoms with Crippen molar-refractivity contribution in [2.24, 2.45) is 0 Å². The zero-order valence-corrected chi connectivity index (χ0v) is 13.3. The fourth-order valence-corrected chi connectivity index (χ4v) is 4.44. The summed E-state index contributed by atoms with van der Waals surface area (Å²) in [5.74, 6) is 0.169. The summed E-state index contributed by atoms with van der Waals surface area (Å²) in [6.45, 7) is 0.797. The number of carbonyl (C=O) groups is 1. The molecule has 5 heteroatoms. The summed E-state index contributed by atoms with van der Waals surface area (Å²) >= 11 is 1.67. The topological polar surface area (TPSA) is 53.4 Å². The van der Waals surface area contributed by atoms with Crippen LogP contribution < -0.4 is 0 Å². The third-order valence-corrected chi connectivity index (χ3v) is 5.94. The van der Waals surface area contributed by atoms with E-state index in [0.29, 0.717) is 12.8 Å². The summed E-state index contributed by atoms with van der Waals surface area (Å²) in [6.07, 6.45) is 4.84. The minimum Gasteiger partial charge on any atom is -0.388 e. The second-order valence-corrected chi connectivity index (χ2v) is 7.54. The lowest BCUT2D eigenvalue weighted by atomic mass is 10.1. The molecule has 22 heavy (non-hydrogen) atoms. The van der Waals surface area contributed by atoms with Crippen LogP contribution in [0.15, 0.2) is 24.3 Å². The van der Waals surface area contributed by atoms with E-state index >= 15 is 0 Å². The van der Waals surface area contributed by atoms with E-state index in [9.17, 15) is 9.90 Å². The number of amides is 1. The lowest BCUT2D eigenvalue weighted by Crippen LogP contribution is -2.44. The van der Waals surface area contributed by atoms with Gasteiger partial charge in [0.15, 0.2) is 0 Å². The van der Waals surface area contributed by atoms with E-state index in [2.05, 4.69) is 11.1 Å². The molecule has 1 unspecified atom stereocenters. The van der Waals surface area contributed by atoms with Crippen molar-refractivity contribution < 1.29 is 9.90 Å². The summed E-state index contributed by atoms with van der Waals surface area (Å²) < 4.78 is 1.18. The lowest BCUT2D eigenvalue weighted by Gasteiger charge is -2.28. The third-order valence-electron chi connectivity index (χ3n) is 4.85. The van der Waals surface area contributed by atoms with Crippen molar-refractivity contribution >= 4 is 27.5 Å². The van der Waals surface area contributed by atoms with E-state index in [1.807, 2.05) is 23.1 Å². The van der Waals surface area contributed by atoms with Crippen LogP contribution in [0.3, 0.4) is 0 Å². The van der Waals surface area contributed by atoms with Gasteiger partial charge in [0, 0.05) is 19.4 Å². The average Bonchev–Trinajstić information content (AvgIpc) is 2.97. The van der Waals surface area contributed by atoms with Gasteiger partial charge >= 0.3 is 0 Å². The number of rotatable bonds is 4. The van der Waals surface area contributed by atoms with E-state index in [0.717, 1.165) is 42.8 Å². The quantitative estimate of drug-likeness (QED) is 0.943. The van der Waals surface area contributed by atoms with E-state index in [1.165, 1.54) is 4.70 Å². The van der Waals surface area contributed by atoms with Crippen LogP contribution in [0.2, 0.25) is 0 Å². The smallest absolute Gasteiger partial charge is 0.223 e. The molecule has 1 aromatic heterocycles. The first kappa shape index (κ1) is 14.2. The van der Waals surface area contributed by atoms with Crippen molar-refractivity contribution in [3.8, 4) is 0 Å². The van der Waals surface area contributed by atoms with Gasteiger partial charge in [-0.15, -0.1) is 11.3 Å². The molecule has 4 nitrogen and oxygen atoms in total. The zero-order chi connectivity index (χ0) is 15.2. The normalized spacial score (nSPS) is 23.1. The maximum atomic E-state index is 12.5. The Morgan fingerprint density at radius 1 is 1.41 bits per heavy atom. The van der Waals surface area contributed by atoms with Crippen LogP contribution in [0.25, 0.3) is 10.2 Å². The molecule has 2 heterocycles. The molecular weight excluding hydrogens is 296 g/mol. The molecule has 2 fully saturated rings. The maximum Gasteiger partial charge on any atom is 0.223 e. The Hall–Kier alpha value is -1.46. The van der Waals surface area contributed by atoms with Crippen molar-refractivity contribution in [3.63, 3.8) is 0 Å². The van der Waals surface area contributed by atoms with E-state index in [1.54, 1.807) is 11.3 Å². The summed E-state index contributed by atoms with van der Waals surface area (Å²) in [5, 5.41) is 11.3. The van der Waals surface area contributed by atoms with Crippen molar-refractivity contribution in [1.82, 2.24) is 9.88 Å². The lowest BCUT2D eigenvalue weighted by molar-refractivity contribution is -0.134. The predicted octanol–water partition coefficient (Wildman–Crippen LogP) is 2.74. The molecule has 1 atom stereocenters. The first-order valence-corrected chi connectivity index (χ1v) is 8.84. The second kappa shape index (κ2) is 5.32. The van der Waals surface area contributed by atoms with Gasteiger partial charge in [0.2, 0.25) is 5.91 Å². The van der Waals surface area contributed by atoms with Gasteiger partial charge in [-0.3, -0.25) is 4.79 Å². The fraction of sp³-hybridized carbons (Fsp3) is 0.529. The van der Waals surface area contributed by atoms with Crippen molar-refractivity contribution in [2.45, 2.75) is 50.2 Å². The minimum atomic E-state index is -0.581. The number of aliphatic hydroxyl groups is 1. The molecule has 1 amide bonds. The molecule has 1 aliphatic heterocycles. The number of thiazole rings is 1. The van der Waals surface area contributed by atoms with Crippen molar-refractivity contribution in [3.05, 3.63) is 29.3 Å². The Morgan fingerprint density at radius 3 is 3.00 bits per heavy atom. The standard InChI is InChI=1S/C17H20N2O2S/c20-16(19-11-3-6-14(19)17(21)9-10-17)8-7-15-18-12-4-1-2-5-13(12)22-15/h1-2,4-5,14,21H,3,6-11H2. The highest BCUT2D eigenvalue weighted by Gasteiger charge is 2.52. The van der Waals surface area contributed by atoms with Gasteiger partial charge in [0.25, 0.3) is 0 Å². The molecular formula is C17H20N2O2S. The fourth-order valence-electron chi connectivity index (χ4n) is 3.47. The van der Waals surface area contributed by atoms with Gasteiger partial charge in [-0.25, -0.2) is 4.98 Å². The number of likely N-dealkylation sites (tertiary alicyclic amines) is 1. The van der Waals surface area contributed by atoms with Crippen LogP contribution in [-0.4, -0.2) is 39.1 Å². The molecule has 2 aromatic rings. The molecule has 1 saturated carbocycles. The van der Waals surface area contributed by atoms with Crippen LogP contribution in [0.4, 0.5) is 0 Å². The first-order chi connectivity index (χ1) is 10.7. The zero-order valence-electron chi connectivity index (χ0n) is 12.5. The van der Waals surface area contributed by atoms with Gasteiger partial charge in [-0.1, -0.05) is 12.1 Å². The summed E-state index contributed by atoms with van der Waals surface area (Å²) in [4.78, 5) is 19.0. The highest BCUT2D eigenvalue weighted by Crippen LogP contribution is 2.44. The largest absolute Gasteiger partial charge is 0.388 e. The number of carbonyl (C=O) groups excluding carboxylic acids is 1. The predicted molar refractivity (Wildman–Crippen MR) is 86.9 cm³/mol. The highest BCUT2D eigenvalue weighted by molar-refractivity contribution is 7.18. The van der Waals surface area contributed by atoms with Crippen LogP contribution in [-0.2, 0) is 11.2 Å². The maximum absolute atomic E-state index is 12.5. The summed E-state index contributed by atoms with van der Waals surface area (Å²) in [5.41, 5.74) is 0.434. The molecule has 116 valence electrons. The molecule has 1 saturated heterocycles. The number of para-hydroxylation sites is 1. The number of fused-ring (bicyclic) bond motifs is 1. The van der Waals surface area contributed by atoms with Crippen molar-refractivity contribution in [1.29, 1.82) is 0 Å². The number of nitrogens with zero attached hydrogens (tertiary/aromatic N) is 2. The summed E-state index contributed by atoms with van der Waals surface area (Å²) in [6, 6.07) is 8.13. The van der Waals surface area contributed by atoms with E-state index < -0.39 is 5.60 Å². The number of hydrogen-bond donors (Lipinski definition) is 1. The monoisotopic (exact) mass is 316 g/mol. The SMILES string of the molecule is O=C(CCc1nc2ccccc2s1)N1CCCC1C1(O)CC1. The first-order valence-electron chi connectivity index (χ1n) is 8.02. The Bertz CT molecular complexity index is 675. The van der Waals surface area contributed by atoms with Crippen molar-refractivity contribution in [2.75, 3.05) is 6.54 Å². The van der Waals surface area contributed by atoms with E-state index in [4.69, 9.17) is 0 Å². The second-order valence-electron chi connectivity index (χ2n) is 6.42. The molecule has 0 radical (unpaired) electrons. The molecule has 1 aliphatic carbocycles. The van der Waals surface area contributed by atoms with Gasteiger partial charge in [-0.05, 0) is 37.8 Å². The Labute approximate surface area is 133 Å². The van der Waals surface area contributed by atoms with Crippen LogP contribution in [0.1, 0.15) is 37.1 Å². The molecule has 1 aromatic carbocycles. The van der Waals surface area contributed by atoms with Gasteiger partial charge in [0.05, 0.1) is 26.9 Å². The molecule has 4 rings (SSSR count). The van der Waals surface area contributed by atoms with Crippen LogP contribution in [0, 0.1) is 0 Å². The molecule has 0 spiro atoms. The van der Waals surface area contributed by atoms with Crippen LogP contribution in [0.5, 0.6) is 0 Å². The van der Waals surface area contributed by atoms with Gasteiger partial charge in [-0.2, -0.15) is 0 Å². The highest BCUT2D eigenvalue weighted by atomic mass is 32.1. The minimum absolute atomic E-state index is 0.0513. The average molecular weight is 316 g/mol. The molecule has 2 aliphatic rings. The summed E-state index contributed by atoms with van der Waals surface area (Å²) in [7, 11) is 0. The Morgan fingerprint density at radius 2 is 2.23 bits per heavy atom. The van der Waals surface area contributed by atoms with Gasteiger partial charge < -0.3 is 10.0 Å². The number of benzene rings is 1. The number of hydrogen-bond acceptors (Lipinski definition) is 4. The number of aromatic nitrogens is 1. The Balaban J connectivity index is 1.41. The van der Waals surface area contributed by atoms with E-state index in [-0.39, 0.29) is 11.9 Å². The number of aryl methyl sites for hydroxylation is 1. The van der Waals surface area contributed by atoms with Gasteiger partial charge in [0.1, 0.15) is 0 Å². The third kappa shape index (κ3) is 2.52. The Kier molecular flexibility index (Phi) is 3.42. The molecule has 1 N–H and O–H groups in total. The van der Waals surface area contributed by atoms with Crippen LogP contribution >= 0.6 is 11.3 Å². The molecule has 0 bridgehead atoms.